The second kappa shape index (κ2) is 9.41. The number of aliphatic hydroxyl groups is 2. The number of rotatable bonds is 6. The van der Waals surface area contributed by atoms with E-state index in [1.807, 2.05) is 36.4 Å². The minimum absolute atomic E-state index is 0.0453. The molecule has 6 nitrogen and oxygen atoms in total. The van der Waals surface area contributed by atoms with E-state index < -0.39 is 18.3 Å². The van der Waals surface area contributed by atoms with Gasteiger partial charge in [-0.05, 0) is 45.4 Å². The predicted molar refractivity (Wildman–Crippen MR) is 128 cm³/mol. The van der Waals surface area contributed by atoms with Crippen LogP contribution in [0, 0.1) is 0 Å². The van der Waals surface area contributed by atoms with E-state index in [0.717, 1.165) is 33.4 Å². The van der Waals surface area contributed by atoms with Crippen molar-refractivity contribution in [2.24, 2.45) is 0 Å². The molecule has 0 aromatic heterocycles. The first-order chi connectivity index (χ1) is 16.5. The largest absolute Gasteiger partial charge is 0.449 e. The van der Waals surface area contributed by atoms with Crippen LogP contribution in [0.4, 0.5) is 4.79 Å². The van der Waals surface area contributed by atoms with Crippen LogP contribution in [0.3, 0.4) is 0 Å². The molecule has 0 radical (unpaired) electrons. The molecule has 1 amide bonds. The standard InChI is InChI=1S/C28H27NO5/c30-20-12-11-17-13-19(10-9-18(17)14-20)27(32)26(31)15-29-28(33)34-16-25-23-7-3-1-5-21(23)22-6-2-4-8-24(22)25/h1-10,13,25-27,31-32H,11-12,14-16H2,(H,29,33). The number of hydrogen-bond donors (Lipinski definition) is 3. The van der Waals surface area contributed by atoms with Crippen molar-refractivity contribution in [1.29, 1.82) is 0 Å². The van der Waals surface area contributed by atoms with Crippen molar-refractivity contribution in [2.75, 3.05) is 13.2 Å². The number of alkyl carbamates (subject to hydrolysis) is 1. The average molecular weight is 458 g/mol. The Hall–Kier alpha value is -3.48. The number of fused-ring (bicyclic) bond motifs is 4. The van der Waals surface area contributed by atoms with Crippen LogP contribution >= 0.6 is 0 Å². The summed E-state index contributed by atoms with van der Waals surface area (Å²) in [5.41, 5.74) is 7.11. The number of nitrogens with one attached hydrogen (secondary N) is 1. The second-order valence-corrected chi connectivity index (χ2v) is 8.96. The molecule has 2 atom stereocenters. The lowest BCUT2D eigenvalue weighted by Gasteiger charge is -2.22. The molecule has 0 fully saturated rings. The van der Waals surface area contributed by atoms with Gasteiger partial charge < -0.3 is 20.3 Å². The number of hydrogen-bond acceptors (Lipinski definition) is 5. The maximum Gasteiger partial charge on any atom is 0.407 e. The smallest absolute Gasteiger partial charge is 0.407 e. The lowest BCUT2D eigenvalue weighted by atomic mass is 9.88. The van der Waals surface area contributed by atoms with Crippen LogP contribution in [-0.2, 0) is 22.4 Å². The molecule has 0 bridgehead atoms. The van der Waals surface area contributed by atoms with Gasteiger partial charge in [0.1, 0.15) is 24.6 Å². The van der Waals surface area contributed by atoms with E-state index in [-0.39, 0.29) is 24.9 Å². The van der Waals surface area contributed by atoms with Gasteiger partial charge in [-0.3, -0.25) is 4.79 Å². The third kappa shape index (κ3) is 4.34. The van der Waals surface area contributed by atoms with E-state index in [1.165, 1.54) is 0 Å². The Labute approximate surface area is 198 Å². The van der Waals surface area contributed by atoms with Gasteiger partial charge in [0.2, 0.25) is 0 Å². The van der Waals surface area contributed by atoms with Crippen LogP contribution in [0.5, 0.6) is 0 Å². The third-order valence-electron chi connectivity index (χ3n) is 6.80. The second-order valence-electron chi connectivity index (χ2n) is 8.96. The SMILES string of the molecule is O=C1CCc2cc(C(O)C(O)CNC(=O)OCC3c4ccccc4-c4ccccc43)ccc2C1. The van der Waals surface area contributed by atoms with Crippen LogP contribution in [0.15, 0.2) is 66.7 Å². The molecular weight excluding hydrogens is 430 g/mol. The molecule has 174 valence electrons. The molecule has 2 unspecified atom stereocenters. The molecule has 3 N–H and O–H groups in total. The Morgan fingerprint density at radius 3 is 2.32 bits per heavy atom. The van der Waals surface area contributed by atoms with Gasteiger partial charge in [-0.15, -0.1) is 0 Å². The lowest BCUT2D eigenvalue weighted by Crippen LogP contribution is -2.36. The number of carbonyl (C=O) groups is 2. The summed E-state index contributed by atoms with van der Waals surface area (Å²) in [5.74, 6) is 0.171. The molecule has 0 saturated carbocycles. The molecule has 3 aromatic rings. The van der Waals surface area contributed by atoms with Crippen LogP contribution in [-0.4, -0.2) is 41.3 Å². The summed E-state index contributed by atoms with van der Waals surface area (Å²) in [6.45, 7) is 0.0372. The molecule has 0 aliphatic heterocycles. The summed E-state index contributed by atoms with van der Waals surface area (Å²) in [6.07, 6.45) is -1.43. The molecule has 34 heavy (non-hydrogen) atoms. The molecule has 6 heteroatoms. The van der Waals surface area contributed by atoms with Crippen molar-refractivity contribution in [3.63, 3.8) is 0 Å². The van der Waals surface area contributed by atoms with Crippen LogP contribution < -0.4 is 5.32 Å². The normalized spacial score (nSPS) is 16.2. The van der Waals surface area contributed by atoms with Gasteiger partial charge in [-0.25, -0.2) is 4.79 Å². The summed E-state index contributed by atoms with van der Waals surface area (Å²) in [6, 6.07) is 21.6. The molecular formula is C28H27NO5. The minimum Gasteiger partial charge on any atom is -0.449 e. The Morgan fingerprint density at radius 1 is 0.941 bits per heavy atom. The number of aliphatic hydroxyl groups excluding tert-OH is 2. The fourth-order valence-electron chi connectivity index (χ4n) is 4.98. The maximum atomic E-state index is 12.4. The van der Waals surface area contributed by atoms with Crippen molar-refractivity contribution in [2.45, 2.75) is 37.4 Å². The van der Waals surface area contributed by atoms with Gasteiger partial charge in [0.05, 0.1) is 0 Å². The topological polar surface area (TPSA) is 95.9 Å². The van der Waals surface area contributed by atoms with E-state index in [2.05, 4.69) is 29.6 Å². The van der Waals surface area contributed by atoms with Gasteiger partial charge in [-0.2, -0.15) is 0 Å². The number of carbonyl (C=O) groups excluding carboxylic acids is 2. The summed E-state index contributed by atoms with van der Waals surface area (Å²) < 4.78 is 5.49. The zero-order valence-corrected chi connectivity index (χ0v) is 18.7. The maximum absolute atomic E-state index is 12.4. The monoisotopic (exact) mass is 457 g/mol. The summed E-state index contributed by atoms with van der Waals surface area (Å²) in [7, 11) is 0. The average Bonchev–Trinajstić information content (AvgIpc) is 3.19. The molecule has 0 spiro atoms. The van der Waals surface area contributed by atoms with Gasteiger partial charge in [0.15, 0.2) is 0 Å². The minimum atomic E-state index is -1.19. The summed E-state index contributed by atoms with van der Waals surface area (Å²) in [5, 5.41) is 23.6. The van der Waals surface area contributed by atoms with E-state index in [9.17, 15) is 19.8 Å². The Kier molecular flexibility index (Phi) is 6.18. The zero-order valence-electron chi connectivity index (χ0n) is 18.7. The Balaban J connectivity index is 1.17. The molecule has 0 saturated heterocycles. The van der Waals surface area contributed by atoms with Crippen molar-refractivity contribution in [3.8, 4) is 11.1 Å². The number of ketones is 1. The van der Waals surface area contributed by atoms with Gasteiger partial charge in [0, 0.05) is 25.3 Å². The quantitative estimate of drug-likeness (QED) is 0.525. The van der Waals surface area contributed by atoms with Crippen LogP contribution in [0.1, 0.15) is 46.3 Å². The van der Waals surface area contributed by atoms with E-state index in [0.29, 0.717) is 24.8 Å². The highest BCUT2D eigenvalue weighted by Crippen LogP contribution is 2.44. The van der Waals surface area contributed by atoms with E-state index >= 15 is 0 Å². The molecule has 0 heterocycles. The Morgan fingerprint density at radius 2 is 1.62 bits per heavy atom. The fourth-order valence-corrected chi connectivity index (χ4v) is 4.98. The van der Waals surface area contributed by atoms with Crippen molar-refractivity contribution < 1.29 is 24.5 Å². The zero-order chi connectivity index (χ0) is 23.7. The van der Waals surface area contributed by atoms with Crippen molar-refractivity contribution >= 4 is 11.9 Å². The number of Topliss-reactive ketones (excluding diaryl/α,β-unsaturated/α-hetero) is 1. The number of aryl methyl sites for hydroxylation is 1. The number of ether oxygens (including phenoxy) is 1. The number of benzene rings is 3. The summed E-state index contributed by atoms with van der Waals surface area (Å²) >= 11 is 0. The predicted octanol–water partition coefficient (Wildman–Crippen LogP) is 3.68. The van der Waals surface area contributed by atoms with Crippen molar-refractivity contribution in [3.05, 3.63) is 94.5 Å². The number of amides is 1. The highest BCUT2D eigenvalue weighted by atomic mass is 16.5. The summed E-state index contributed by atoms with van der Waals surface area (Å²) in [4.78, 5) is 24.0. The molecule has 3 aromatic carbocycles. The molecule has 2 aliphatic carbocycles. The first kappa shape index (κ1) is 22.3. The highest BCUT2D eigenvalue weighted by molar-refractivity contribution is 5.83. The van der Waals surface area contributed by atoms with Crippen LogP contribution in [0.2, 0.25) is 0 Å². The van der Waals surface area contributed by atoms with Crippen LogP contribution in [0.25, 0.3) is 11.1 Å². The molecule has 5 rings (SSSR count). The Bertz CT molecular complexity index is 1190. The lowest BCUT2D eigenvalue weighted by molar-refractivity contribution is -0.118. The van der Waals surface area contributed by atoms with Crippen molar-refractivity contribution in [1.82, 2.24) is 5.32 Å². The highest BCUT2D eigenvalue weighted by Gasteiger charge is 2.29. The van der Waals surface area contributed by atoms with Gasteiger partial charge >= 0.3 is 6.09 Å². The first-order valence-corrected chi connectivity index (χ1v) is 11.6. The fraction of sp³-hybridized carbons (Fsp3) is 0.286. The first-order valence-electron chi connectivity index (χ1n) is 11.6. The molecule has 2 aliphatic rings. The van der Waals surface area contributed by atoms with Gasteiger partial charge in [0.25, 0.3) is 0 Å². The van der Waals surface area contributed by atoms with E-state index in [4.69, 9.17) is 4.74 Å². The van der Waals surface area contributed by atoms with Gasteiger partial charge in [-0.1, -0.05) is 66.7 Å². The third-order valence-corrected chi connectivity index (χ3v) is 6.80. The van der Waals surface area contributed by atoms with E-state index in [1.54, 1.807) is 6.07 Å².